The van der Waals surface area contributed by atoms with Crippen LogP contribution in [0.25, 0.3) is 0 Å². The number of β-amino-alcohol motifs (C(OH)–C–C–N with tert-alkyl or cyclic N) is 1. The van der Waals surface area contributed by atoms with Crippen molar-refractivity contribution < 1.29 is 14.6 Å². The third-order valence-corrected chi connectivity index (χ3v) is 2.60. The van der Waals surface area contributed by atoms with Crippen molar-refractivity contribution >= 4 is 5.97 Å². The largest absolute Gasteiger partial charge is 0.469 e. The Hall–Kier alpha value is -0.610. The number of aliphatic hydroxyl groups is 1. The average Bonchev–Trinajstić information content (AvgIpc) is 2.48. The van der Waals surface area contributed by atoms with Gasteiger partial charge in [0.05, 0.1) is 18.6 Å². The van der Waals surface area contributed by atoms with Crippen molar-refractivity contribution in [3.63, 3.8) is 0 Å². The summed E-state index contributed by atoms with van der Waals surface area (Å²) in [5.41, 5.74) is -0.487. The van der Waals surface area contributed by atoms with Gasteiger partial charge in [0.1, 0.15) is 0 Å². The summed E-state index contributed by atoms with van der Waals surface area (Å²) in [4.78, 5) is 13.5. The lowest BCUT2D eigenvalue weighted by Gasteiger charge is -2.27. The average molecular weight is 201 g/mol. The first-order valence-corrected chi connectivity index (χ1v) is 4.94. The fourth-order valence-electron chi connectivity index (χ4n) is 1.86. The summed E-state index contributed by atoms with van der Waals surface area (Å²) in [6.07, 6.45) is 0.570. The van der Waals surface area contributed by atoms with Gasteiger partial charge in [-0.3, -0.25) is 9.69 Å². The van der Waals surface area contributed by atoms with Crippen LogP contribution in [0.15, 0.2) is 0 Å². The van der Waals surface area contributed by atoms with Gasteiger partial charge in [0.2, 0.25) is 0 Å². The second-order valence-corrected chi connectivity index (χ2v) is 4.55. The van der Waals surface area contributed by atoms with E-state index in [1.165, 1.54) is 7.11 Å². The molecule has 4 nitrogen and oxygen atoms in total. The third-order valence-electron chi connectivity index (χ3n) is 2.60. The van der Waals surface area contributed by atoms with Crippen LogP contribution in [0.1, 0.15) is 20.3 Å². The molecule has 0 radical (unpaired) electrons. The highest BCUT2D eigenvalue weighted by Gasteiger charge is 2.33. The molecule has 82 valence electrons. The molecule has 0 unspecified atom stereocenters. The number of esters is 1. The highest BCUT2D eigenvalue weighted by molar-refractivity contribution is 5.76. The number of ether oxygens (including phenoxy) is 1. The maximum Gasteiger partial charge on any atom is 0.312 e. The molecule has 1 rings (SSSR count). The molecular formula is C10H19NO3. The van der Waals surface area contributed by atoms with Gasteiger partial charge in [-0.2, -0.15) is 0 Å². The lowest BCUT2D eigenvalue weighted by Crippen LogP contribution is -2.39. The Bertz CT molecular complexity index is 215. The van der Waals surface area contributed by atoms with Crippen molar-refractivity contribution in [1.29, 1.82) is 0 Å². The summed E-state index contributed by atoms with van der Waals surface area (Å²) in [6, 6.07) is 0. The van der Waals surface area contributed by atoms with Gasteiger partial charge in [0.25, 0.3) is 0 Å². The second kappa shape index (κ2) is 4.28. The van der Waals surface area contributed by atoms with E-state index in [0.717, 1.165) is 13.0 Å². The molecule has 0 aromatic heterocycles. The summed E-state index contributed by atoms with van der Waals surface area (Å²) in [6.45, 7) is 5.91. The van der Waals surface area contributed by atoms with Gasteiger partial charge >= 0.3 is 5.97 Å². The number of aliphatic hydroxyl groups excluding tert-OH is 1. The van der Waals surface area contributed by atoms with E-state index in [-0.39, 0.29) is 12.1 Å². The fraction of sp³-hybridized carbons (Fsp3) is 0.900. The Morgan fingerprint density at radius 2 is 2.29 bits per heavy atom. The Morgan fingerprint density at radius 1 is 1.64 bits per heavy atom. The molecule has 14 heavy (non-hydrogen) atoms. The number of carbonyl (C=O) groups excluding carboxylic acids is 1. The minimum atomic E-state index is -0.487. The van der Waals surface area contributed by atoms with Crippen LogP contribution < -0.4 is 0 Å². The van der Waals surface area contributed by atoms with Gasteiger partial charge < -0.3 is 9.84 Å². The van der Waals surface area contributed by atoms with Crippen molar-refractivity contribution in [3.8, 4) is 0 Å². The summed E-state index contributed by atoms with van der Waals surface area (Å²) in [7, 11) is 1.41. The molecule has 0 aliphatic carbocycles. The normalized spacial score (nSPS) is 23.9. The summed E-state index contributed by atoms with van der Waals surface area (Å²) in [5.74, 6) is -0.195. The molecule has 1 saturated heterocycles. The SMILES string of the molecule is COC(=O)C(C)(C)CN1CC[C@@H](O)C1. The highest BCUT2D eigenvalue weighted by Crippen LogP contribution is 2.21. The van der Waals surface area contributed by atoms with E-state index < -0.39 is 5.41 Å². The van der Waals surface area contributed by atoms with E-state index in [1.807, 2.05) is 13.8 Å². The van der Waals surface area contributed by atoms with E-state index in [4.69, 9.17) is 4.74 Å². The van der Waals surface area contributed by atoms with E-state index >= 15 is 0 Å². The first-order valence-electron chi connectivity index (χ1n) is 4.94. The molecule has 1 atom stereocenters. The summed E-state index contributed by atoms with van der Waals surface area (Å²) >= 11 is 0. The number of hydrogen-bond donors (Lipinski definition) is 1. The van der Waals surface area contributed by atoms with Crippen LogP contribution in [0.4, 0.5) is 0 Å². The maximum atomic E-state index is 11.4. The zero-order chi connectivity index (χ0) is 10.8. The van der Waals surface area contributed by atoms with Crippen molar-refractivity contribution in [1.82, 2.24) is 4.90 Å². The Morgan fingerprint density at radius 3 is 2.71 bits per heavy atom. The van der Waals surface area contributed by atoms with Crippen LogP contribution in [0, 0.1) is 5.41 Å². The van der Waals surface area contributed by atoms with Crippen LogP contribution in [0.3, 0.4) is 0 Å². The Kier molecular flexibility index (Phi) is 3.50. The summed E-state index contributed by atoms with van der Waals surface area (Å²) < 4.78 is 4.72. The number of methoxy groups -OCH3 is 1. The van der Waals surface area contributed by atoms with E-state index in [2.05, 4.69) is 4.90 Å². The van der Waals surface area contributed by atoms with Crippen LogP contribution in [-0.2, 0) is 9.53 Å². The van der Waals surface area contributed by atoms with Crippen LogP contribution in [0.5, 0.6) is 0 Å². The number of carbonyl (C=O) groups is 1. The quantitative estimate of drug-likeness (QED) is 0.665. The van der Waals surface area contributed by atoms with Crippen LogP contribution >= 0.6 is 0 Å². The number of likely N-dealkylation sites (tertiary alicyclic amines) is 1. The topological polar surface area (TPSA) is 49.8 Å². The molecule has 0 bridgehead atoms. The fourth-order valence-corrected chi connectivity index (χ4v) is 1.86. The van der Waals surface area contributed by atoms with Crippen LogP contribution in [-0.4, -0.2) is 48.8 Å². The van der Waals surface area contributed by atoms with E-state index in [1.54, 1.807) is 0 Å². The van der Waals surface area contributed by atoms with E-state index in [0.29, 0.717) is 13.1 Å². The molecule has 0 saturated carbocycles. The van der Waals surface area contributed by atoms with Gasteiger partial charge in [-0.15, -0.1) is 0 Å². The molecular weight excluding hydrogens is 182 g/mol. The first-order chi connectivity index (χ1) is 6.45. The number of nitrogens with zero attached hydrogens (tertiary/aromatic N) is 1. The van der Waals surface area contributed by atoms with Gasteiger partial charge in [-0.25, -0.2) is 0 Å². The Balaban J connectivity index is 2.46. The zero-order valence-electron chi connectivity index (χ0n) is 9.12. The predicted molar refractivity (Wildman–Crippen MR) is 52.9 cm³/mol. The monoisotopic (exact) mass is 201 g/mol. The molecule has 1 fully saturated rings. The molecule has 1 aliphatic rings. The molecule has 0 aromatic carbocycles. The van der Waals surface area contributed by atoms with Gasteiger partial charge in [0.15, 0.2) is 0 Å². The minimum absolute atomic E-state index is 0.195. The van der Waals surface area contributed by atoms with Gasteiger partial charge in [-0.1, -0.05) is 0 Å². The summed E-state index contributed by atoms with van der Waals surface area (Å²) in [5, 5.41) is 9.33. The highest BCUT2D eigenvalue weighted by atomic mass is 16.5. The molecule has 1 N–H and O–H groups in total. The smallest absolute Gasteiger partial charge is 0.312 e. The molecule has 4 heteroatoms. The second-order valence-electron chi connectivity index (χ2n) is 4.55. The first kappa shape index (κ1) is 11.5. The molecule has 1 heterocycles. The van der Waals surface area contributed by atoms with Gasteiger partial charge in [0, 0.05) is 19.6 Å². The lowest BCUT2D eigenvalue weighted by molar-refractivity contribution is -0.151. The van der Waals surface area contributed by atoms with Crippen molar-refractivity contribution in [3.05, 3.63) is 0 Å². The zero-order valence-corrected chi connectivity index (χ0v) is 9.12. The van der Waals surface area contributed by atoms with Crippen molar-refractivity contribution in [2.75, 3.05) is 26.7 Å². The number of hydrogen-bond acceptors (Lipinski definition) is 4. The van der Waals surface area contributed by atoms with E-state index in [9.17, 15) is 9.90 Å². The lowest BCUT2D eigenvalue weighted by atomic mass is 9.93. The standard InChI is InChI=1S/C10H19NO3/c1-10(2,9(13)14-3)7-11-5-4-8(12)6-11/h8,12H,4-7H2,1-3H3/t8-/m1/s1. The molecule has 0 aromatic rings. The molecule has 0 spiro atoms. The molecule has 0 amide bonds. The van der Waals surface area contributed by atoms with Crippen molar-refractivity contribution in [2.45, 2.75) is 26.4 Å². The maximum absolute atomic E-state index is 11.4. The number of rotatable bonds is 3. The van der Waals surface area contributed by atoms with Crippen LogP contribution in [0.2, 0.25) is 0 Å². The minimum Gasteiger partial charge on any atom is -0.469 e. The predicted octanol–water partition coefficient (Wildman–Crippen LogP) is 0.252. The molecule has 1 aliphatic heterocycles. The third kappa shape index (κ3) is 2.69. The van der Waals surface area contributed by atoms with Gasteiger partial charge in [-0.05, 0) is 20.3 Å². The Labute approximate surface area is 84.8 Å². The van der Waals surface area contributed by atoms with Crippen molar-refractivity contribution in [2.24, 2.45) is 5.41 Å².